The molecule has 3 unspecified atom stereocenters. The van der Waals surface area contributed by atoms with Gasteiger partial charge in [-0.1, -0.05) is 191 Å². The molecular weight excluding hydrogens is 707 g/mol. The normalized spacial score (nSPS) is 13.8. The Morgan fingerprint density at radius 3 is 1.49 bits per heavy atom. The molecule has 330 valence electrons. The zero-order chi connectivity index (χ0) is 41.7. The maximum absolute atomic E-state index is 13.1. The fraction of sp³-hybridized carbons (Fsp3) is 0.765. The summed E-state index contributed by atoms with van der Waals surface area (Å²) >= 11 is 0. The van der Waals surface area contributed by atoms with E-state index in [9.17, 15) is 19.8 Å². The zero-order valence-electron chi connectivity index (χ0n) is 37.5. The summed E-state index contributed by atoms with van der Waals surface area (Å²) in [6.45, 7) is 6.32. The van der Waals surface area contributed by atoms with E-state index in [1.54, 1.807) is 0 Å². The SMILES string of the molecule is CC/C=C/C/C=C/C/C=C/C/C=C/CCCC(CC(=O)NC(CO)C(O)CCCCCCCCCCCCC)OC(=O)CCCCC/C=C\CCCCCCCC. The molecule has 0 aromatic carbocycles. The third kappa shape index (κ3) is 40.1. The number of hydrogen-bond donors (Lipinski definition) is 3. The number of hydrogen-bond acceptors (Lipinski definition) is 5. The largest absolute Gasteiger partial charge is 0.462 e. The molecule has 6 heteroatoms. The average molecular weight is 798 g/mol. The minimum absolute atomic E-state index is 0.0327. The molecule has 0 spiro atoms. The highest BCUT2D eigenvalue weighted by molar-refractivity contribution is 5.77. The van der Waals surface area contributed by atoms with Crippen molar-refractivity contribution >= 4 is 11.9 Å². The predicted octanol–water partition coefficient (Wildman–Crippen LogP) is 14.1. The Morgan fingerprint density at radius 1 is 0.526 bits per heavy atom. The summed E-state index contributed by atoms with van der Waals surface area (Å²) in [6, 6.07) is -0.721. The molecule has 0 aromatic rings. The molecule has 0 aliphatic heterocycles. The van der Waals surface area contributed by atoms with E-state index in [0.29, 0.717) is 19.3 Å². The van der Waals surface area contributed by atoms with Crippen LogP contribution in [0.3, 0.4) is 0 Å². The van der Waals surface area contributed by atoms with Gasteiger partial charge in [0.15, 0.2) is 0 Å². The van der Waals surface area contributed by atoms with Crippen molar-refractivity contribution in [2.75, 3.05) is 6.61 Å². The van der Waals surface area contributed by atoms with Gasteiger partial charge in [-0.25, -0.2) is 0 Å². The van der Waals surface area contributed by atoms with Gasteiger partial charge in [-0.3, -0.25) is 9.59 Å². The van der Waals surface area contributed by atoms with Crippen LogP contribution in [0, 0.1) is 0 Å². The first-order valence-electron chi connectivity index (χ1n) is 24.0. The molecular formula is C51H91NO5. The van der Waals surface area contributed by atoms with Crippen LogP contribution in [-0.4, -0.2) is 46.9 Å². The van der Waals surface area contributed by atoms with E-state index in [-0.39, 0.29) is 24.9 Å². The number of carbonyl (C=O) groups is 2. The third-order valence-electron chi connectivity index (χ3n) is 10.6. The second-order valence-electron chi connectivity index (χ2n) is 16.1. The van der Waals surface area contributed by atoms with Crippen molar-refractivity contribution in [3.63, 3.8) is 0 Å². The lowest BCUT2D eigenvalue weighted by molar-refractivity contribution is -0.151. The minimum atomic E-state index is -0.804. The lowest BCUT2D eigenvalue weighted by atomic mass is 10.0. The van der Waals surface area contributed by atoms with Gasteiger partial charge in [0.25, 0.3) is 0 Å². The number of nitrogens with one attached hydrogen (secondary N) is 1. The Morgan fingerprint density at radius 2 is 0.965 bits per heavy atom. The van der Waals surface area contributed by atoms with Crippen molar-refractivity contribution in [3.8, 4) is 0 Å². The van der Waals surface area contributed by atoms with E-state index in [2.05, 4.69) is 86.8 Å². The molecule has 0 bridgehead atoms. The van der Waals surface area contributed by atoms with Gasteiger partial charge >= 0.3 is 5.97 Å². The van der Waals surface area contributed by atoms with Crippen molar-refractivity contribution in [1.29, 1.82) is 0 Å². The van der Waals surface area contributed by atoms with E-state index in [0.717, 1.165) is 89.9 Å². The number of aliphatic hydroxyl groups excluding tert-OH is 2. The third-order valence-corrected chi connectivity index (χ3v) is 10.6. The summed E-state index contributed by atoms with van der Waals surface area (Å²) in [6.07, 6.45) is 54.2. The second-order valence-corrected chi connectivity index (χ2v) is 16.1. The molecule has 6 nitrogen and oxygen atoms in total. The van der Waals surface area contributed by atoms with Gasteiger partial charge in [0.2, 0.25) is 5.91 Å². The molecule has 0 saturated carbocycles. The van der Waals surface area contributed by atoms with Crippen molar-refractivity contribution in [2.45, 2.75) is 244 Å². The van der Waals surface area contributed by atoms with E-state index in [1.165, 1.54) is 89.9 Å². The summed E-state index contributed by atoms with van der Waals surface area (Å²) in [5.74, 6) is -0.550. The standard InChI is InChI=1S/C51H91NO5/c1-4-7-10-13-16-19-22-24-26-28-30-33-36-39-42-47(57-51(56)44-41-38-35-32-29-25-23-20-17-14-11-8-5-2)45-50(55)52-48(46-53)49(54)43-40-37-34-31-27-21-18-15-12-9-6-3/h7,10,16,19,24-26,29-30,33,47-49,53-54H,4-6,8-9,11-15,17-18,20-23,27-28,31-32,34-46H2,1-3H3,(H,52,55)/b10-7+,19-16+,26-24+,29-25-,33-30+. The van der Waals surface area contributed by atoms with Crippen molar-refractivity contribution in [3.05, 3.63) is 60.8 Å². The Balaban J connectivity index is 4.72. The molecule has 0 heterocycles. The molecule has 0 radical (unpaired) electrons. The molecule has 0 aliphatic carbocycles. The van der Waals surface area contributed by atoms with E-state index in [4.69, 9.17) is 4.74 Å². The molecule has 3 N–H and O–H groups in total. The molecule has 0 fully saturated rings. The molecule has 3 atom stereocenters. The van der Waals surface area contributed by atoms with Gasteiger partial charge in [-0.2, -0.15) is 0 Å². The fourth-order valence-corrected chi connectivity index (χ4v) is 6.95. The molecule has 0 rings (SSSR count). The molecule has 57 heavy (non-hydrogen) atoms. The van der Waals surface area contributed by atoms with Crippen LogP contribution in [0.2, 0.25) is 0 Å². The smallest absolute Gasteiger partial charge is 0.306 e. The van der Waals surface area contributed by atoms with Crippen LogP contribution in [0.1, 0.15) is 226 Å². The highest BCUT2D eigenvalue weighted by Crippen LogP contribution is 2.16. The number of aliphatic hydroxyl groups is 2. The minimum Gasteiger partial charge on any atom is -0.462 e. The zero-order valence-corrected chi connectivity index (χ0v) is 37.5. The van der Waals surface area contributed by atoms with E-state index < -0.39 is 18.2 Å². The summed E-state index contributed by atoms with van der Waals surface area (Å²) in [5.41, 5.74) is 0. The maximum atomic E-state index is 13.1. The lowest BCUT2D eigenvalue weighted by Gasteiger charge is -2.24. The molecule has 0 aliphatic rings. The average Bonchev–Trinajstić information content (AvgIpc) is 3.20. The number of amides is 1. The second kappa shape index (κ2) is 44.7. The lowest BCUT2D eigenvalue weighted by Crippen LogP contribution is -2.46. The molecule has 0 aromatic heterocycles. The van der Waals surface area contributed by atoms with Gasteiger partial charge in [0.1, 0.15) is 6.10 Å². The van der Waals surface area contributed by atoms with Crippen LogP contribution < -0.4 is 5.32 Å². The summed E-state index contributed by atoms with van der Waals surface area (Å²) < 4.78 is 5.88. The molecule has 0 saturated heterocycles. The fourth-order valence-electron chi connectivity index (χ4n) is 6.95. The quantitative estimate of drug-likeness (QED) is 0.0325. The number of carbonyl (C=O) groups excluding carboxylic acids is 2. The van der Waals surface area contributed by atoms with E-state index >= 15 is 0 Å². The van der Waals surface area contributed by atoms with Gasteiger partial charge in [-0.15, -0.1) is 0 Å². The highest BCUT2D eigenvalue weighted by atomic mass is 16.5. The number of ether oxygens (including phenoxy) is 1. The first-order chi connectivity index (χ1) is 28.0. The first-order valence-corrected chi connectivity index (χ1v) is 24.0. The van der Waals surface area contributed by atoms with Gasteiger partial charge in [-0.05, 0) is 83.5 Å². The van der Waals surface area contributed by atoms with Crippen molar-refractivity contribution in [1.82, 2.24) is 5.32 Å². The summed E-state index contributed by atoms with van der Waals surface area (Å²) in [5, 5.41) is 23.6. The van der Waals surface area contributed by atoms with Crippen molar-refractivity contribution in [2.24, 2.45) is 0 Å². The highest BCUT2D eigenvalue weighted by Gasteiger charge is 2.24. The Hall–Kier alpha value is -2.44. The molecule has 1 amide bonds. The van der Waals surface area contributed by atoms with Crippen LogP contribution in [0.5, 0.6) is 0 Å². The monoisotopic (exact) mass is 798 g/mol. The van der Waals surface area contributed by atoms with Gasteiger partial charge < -0.3 is 20.3 Å². The summed E-state index contributed by atoms with van der Waals surface area (Å²) in [7, 11) is 0. The Labute approximate surface area is 352 Å². The van der Waals surface area contributed by atoms with Crippen LogP contribution in [0.15, 0.2) is 60.8 Å². The Kier molecular flexibility index (Phi) is 42.7. The van der Waals surface area contributed by atoms with E-state index in [1.807, 2.05) is 0 Å². The van der Waals surface area contributed by atoms with Crippen LogP contribution >= 0.6 is 0 Å². The van der Waals surface area contributed by atoms with Gasteiger partial charge in [0.05, 0.1) is 25.2 Å². The predicted molar refractivity (Wildman–Crippen MR) is 245 cm³/mol. The summed E-state index contributed by atoms with van der Waals surface area (Å²) in [4.78, 5) is 26.0. The van der Waals surface area contributed by atoms with Crippen LogP contribution in [0.4, 0.5) is 0 Å². The van der Waals surface area contributed by atoms with Crippen LogP contribution in [-0.2, 0) is 14.3 Å². The topological polar surface area (TPSA) is 95.9 Å². The number of unbranched alkanes of at least 4 members (excludes halogenated alkanes) is 20. The number of esters is 1. The van der Waals surface area contributed by atoms with Crippen LogP contribution in [0.25, 0.3) is 0 Å². The van der Waals surface area contributed by atoms with Gasteiger partial charge in [0, 0.05) is 6.42 Å². The first kappa shape index (κ1) is 54.6. The maximum Gasteiger partial charge on any atom is 0.306 e. The Bertz CT molecular complexity index is 1030. The number of allylic oxidation sites excluding steroid dienone is 10. The number of rotatable bonds is 42. The van der Waals surface area contributed by atoms with Crippen molar-refractivity contribution < 1.29 is 24.5 Å².